The summed E-state index contributed by atoms with van der Waals surface area (Å²) in [6, 6.07) is 7.07. The van der Waals surface area contributed by atoms with Gasteiger partial charge in [-0.25, -0.2) is 8.42 Å². The standard InChI is InChI=1S/C11H16O2S.C2H6/c1-11(2,3)9-5-7-10(8-6-9)14(4,12)13;1-2/h5-8H,1-4H3;1-2H3. The molecule has 1 aromatic carbocycles. The zero-order chi connectivity index (χ0) is 13.0. The number of rotatable bonds is 1. The van der Waals surface area contributed by atoms with Crippen molar-refractivity contribution in [1.82, 2.24) is 0 Å². The average molecular weight is 242 g/mol. The summed E-state index contributed by atoms with van der Waals surface area (Å²) in [5.74, 6) is 0. The summed E-state index contributed by atoms with van der Waals surface area (Å²) < 4.78 is 22.4. The third kappa shape index (κ3) is 4.35. The van der Waals surface area contributed by atoms with E-state index in [0.717, 1.165) is 5.56 Å². The second kappa shape index (κ2) is 5.48. The highest BCUT2D eigenvalue weighted by molar-refractivity contribution is 7.90. The topological polar surface area (TPSA) is 34.1 Å². The molecule has 0 fully saturated rings. The molecule has 0 amide bonds. The highest BCUT2D eigenvalue weighted by Crippen LogP contribution is 2.23. The first-order chi connectivity index (χ1) is 7.21. The third-order valence-electron chi connectivity index (χ3n) is 2.15. The van der Waals surface area contributed by atoms with Gasteiger partial charge in [0, 0.05) is 6.26 Å². The molecule has 0 atom stereocenters. The minimum atomic E-state index is -3.07. The molecule has 0 bridgehead atoms. The van der Waals surface area contributed by atoms with E-state index >= 15 is 0 Å². The molecule has 0 heterocycles. The minimum absolute atomic E-state index is 0.0655. The van der Waals surface area contributed by atoms with Crippen LogP contribution in [-0.2, 0) is 15.3 Å². The fourth-order valence-corrected chi connectivity index (χ4v) is 1.83. The lowest BCUT2D eigenvalue weighted by atomic mass is 9.87. The second-order valence-electron chi connectivity index (χ2n) is 4.55. The molecule has 0 aliphatic carbocycles. The zero-order valence-corrected chi connectivity index (χ0v) is 11.9. The van der Waals surface area contributed by atoms with Crippen molar-refractivity contribution in [2.24, 2.45) is 0 Å². The van der Waals surface area contributed by atoms with Crippen molar-refractivity contribution in [2.75, 3.05) is 6.26 Å². The van der Waals surface area contributed by atoms with Crippen LogP contribution in [0.4, 0.5) is 0 Å². The van der Waals surface area contributed by atoms with E-state index in [9.17, 15) is 8.42 Å². The second-order valence-corrected chi connectivity index (χ2v) is 6.56. The summed E-state index contributed by atoms with van der Waals surface area (Å²) in [7, 11) is -3.07. The molecule has 16 heavy (non-hydrogen) atoms. The fraction of sp³-hybridized carbons (Fsp3) is 0.538. The van der Waals surface area contributed by atoms with Gasteiger partial charge in [-0.15, -0.1) is 0 Å². The van der Waals surface area contributed by atoms with Crippen LogP contribution < -0.4 is 0 Å². The Labute approximate surface area is 99.6 Å². The van der Waals surface area contributed by atoms with Gasteiger partial charge in [-0.05, 0) is 23.1 Å². The highest BCUT2D eigenvalue weighted by Gasteiger charge is 2.14. The van der Waals surface area contributed by atoms with E-state index in [1.807, 2.05) is 26.0 Å². The molecule has 1 aromatic rings. The van der Waals surface area contributed by atoms with Crippen LogP contribution in [0.5, 0.6) is 0 Å². The molecule has 0 aliphatic rings. The van der Waals surface area contributed by atoms with Crippen molar-refractivity contribution in [1.29, 1.82) is 0 Å². The van der Waals surface area contributed by atoms with Crippen LogP contribution in [0.15, 0.2) is 29.2 Å². The van der Waals surface area contributed by atoms with E-state index in [1.54, 1.807) is 12.1 Å². The molecule has 0 aliphatic heterocycles. The van der Waals surface area contributed by atoms with Gasteiger partial charge in [0.1, 0.15) is 0 Å². The van der Waals surface area contributed by atoms with E-state index in [1.165, 1.54) is 6.26 Å². The van der Waals surface area contributed by atoms with Gasteiger partial charge in [-0.1, -0.05) is 46.8 Å². The van der Waals surface area contributed by atoms with Crippen molar-refractivity contribution in [3.05, 3.63) is 29.8 Å². The molecule has 2 nitrogen and oxygen atoms in total. The Balaban J connectivity index is 0.00000106. The van der Waals surface area contributed by atoms with Gasteiger partial charge in [0.15, 0.2) is 9.84 Å². The number of hydrogen-bond donors (Lipinski definition) is 0. The van der Waals surface area contributed by atoms with E-state index in [0.29, 0.717) is 4.90 Å². The van der Waals surface area contributed by atoms with Crippen LogP contribution in [0, 0.1) is 0 Å². The lowest BCUT2D eigenvalue weighted by molar-refractivity contribution is 0.587. The maximum absolute atomic E-state index is 11.2. The molecule has 0 unspecified atom stereocenters. The summed E-state index contributed by atoms with van der Waals surface area (Å²) in [4.78, 5) is 0.380. The van der Waals surface area contributed by atoms with Crippen LogP contribution in [-0.4, -0.2) is 14.7 Å². The molecule has 0 radical (unpaired) electrons. The smallest absolute Gasteiger partial charge is 0.175 e. The molecular weight excluding hydrogens is 220 g/mol. The largest absolute Gasteiger partial charge is 0.224 e. The average Bonchev–Trinajstić information content (AvgIpc) is 2.18. The van der Waals surface area contributed by atoms with Crippen molar-refractivity contribution in [3.8, 4) is 0 Å². The van der Waals surface area contributed by atoms with E-state index in [4.69, 9.17) is 0 Å². The monoisotopic (exact) mass is 242 g/mol. The quantitative estimate of drug-likeness (QED) is 0.756. The van der Waals surface area contributed by atoms with Crippen LogP contribution in [0.3, 0.4) is 0 Å². The Hall–Kier alpha value is -0.830. The van der Waals surface area contributed by atoms with Gasteiger partial charge >= 0.3 is 0 Å². The van der Waals surface area contributed by atoms with Crippen molar-refractivity contribution in [2.45, 2.75) is 44.9 Å². The molecule has 1 rings (SSSR count). The summed E-state index contributed by atoms with van der Waals surface area (Å²) in [5, 5.41) is 0. The Morgan fingerprint density at radius 2 is 1.31 bits per heavy atom. The van der Waals surface area contributed by atoms with Crippen molar-refractivity contribution < 1.29 is 8.42 Å². The SMILES string of the molecule is CC.CC(C)(C)c1ccc(S(C)(=O)=O)cc1. The third-order valence-corrected chi connectivity index (χ3v) is 3.28. The summed E-state index contributed by atoms with van der Waals surface area (Å²) in [6.45, 7) is 10.3. The van der Waals surface area contributed by atoms with E-state index in [-0.39, 0.29) is 5.41 Å². The Kier molecular flexibility index (Phi) is 5.20. The van der Waals surface area contributed by atoms with Crippen molar-refractivity contribution >= 4 is 9.84 Å². The maximum atomic E-state index is 11.2. The summed E-state index contributed by atoms with van der Waals surface area (Å²) in [6.07, 6.45) is 1.22. The molecule has 0 aromatic heterocycles. The lowest BCUT2D eigenvalue weighted by Gasteiger charge is -2.18. The number of sulfone groups is 1. The van der Waals surface area contributed by atoms with Crippen LogP contribution in [0.1, 0.15) is 40.2 Å². The van der Waals surface area contributed by atoms with Crippen LogP contribution >= 0.6 is 0 Å². The lowest BCUT2D eigenvalue weighted by Crippen LogP contribution is -2.11. The molecule has 0 N–H and O–H groups in total. The van der Waals surface area contributed by atoms with Gasteiger partial charge in [0.2, 0.25) is 0 Å². The van der Waals surface area contributed by atoms with Gasteiger partial charge in [-0.2, -0.15) is 0 Å². The summed E-state index contributed by atoms with van der Waals surface area (Å²) >= 11 is 0. The highest BCUT2D eigenvalue weighted by atomic mass is 32.2. The van der Waals surface area contributed by atoms with Gasteiger partial charge in [0.05, 0.1) is 4.90 Å². The number of hydrogen-bond acceptors (Lipinski definition) is 2. The normalized spacial score (nSPS) is 11.6. The predicted octanol–water partition coefficient (Wildman–Crippen LogP) is 3.41. The molecular formula is C13H22O2S. The predicted molar refractivity (Wildman–Crippen MR) is 69.6 cm³/mol. The molecule has 0 saturated heterocycles. The Bertz CT molecular complexity index is 408. The first-order valence-corrected chi connectivity index (χ1v) is 7.41. The molecule has 3 heteroatoms. The van der Waals surface area contributed by atoms with E-state index in [2.05, 4.69) is 20.8 Å². The van der Waals surface area contributed by atoms with Crippen LogP contribution in [0.25, 0.3) is 0 Å². The van der Waals surface area contributed by atoms with Crippen molar-refractivity contribution in [3.63, 3.8) is 0 Å². The minimum Gasteiger partial charge on any atom is -0.224 e. The Morgan fingerprint density at radius 3 is 1.56 bits per heavy atom. The number of benzene rings is 1. The summed E-state index contributed by atoms with van der Waals surface area (Å²) in [5.41, 5.74) is 1.21. The fourth-order valence-electron chi connectivity index (χ4n) is 1.20. The molecule has 92 valence electrons. The molecule has 0 spiro atoms. The molecule has 0 saturated carbocycles. The Morgan fingerprint density at radius 1 is 0.938 bits per heavy atom. The first-order valence-electron chi connectivity index (χ1n) is 5.52. The first kappa shape index (κ1) is 15.2. The zero-order valence-electron chi connectivity index (χ0n) is 11.0. The van der Waals surface area contributed by atoms with Crippen LogP contribution in [0.2, 0.25) is 0 Å². The van der Waals surface area contributed by atoms with Gasteiger partial charge in [-0.3, -0.25) is 0 Å². The van der Waals surface area contributed by atoms with Gasteiger partial charge < -0.3 is 0 Å². The van der Waals surface area contributed by atoms with E-state index < -0.39 is 9.84 Å². The maximum Gasteiger partial charge on any atom is 0.175 e. The van der Waals surface area contributed by atoms with Gasteiger partial charge in [0.25, 0.3) is 0 Å².